The van der Waals surface area contributed by atoms with E-state index in [9.17, 15) is 19.7 Å². The zero-order chi connectivity index (χ0) is 18.7. The van der Waals surface area contributed by atoms with Crippen LogP contribution in [0.25, 0.3) is 0 Å². The third-order valence-electron chi connectivity index (χ3n) is 4.04. The standard InChI is InChI=1S/C18H15BrN2O5/c19-15-8-7-12(21(24)25)11-16(15)26-10-4-3-9-20-17(22)13-5-1-2-6-14(13)18(20)23/h1-2,5-8,11H,3-4,9-10H2. The molecule has 1 heterocycles. The number of nitro benzene ring substituents is 1. The molecule has 0 spiro atoms. The Kier molecular flexibility index (Phi) is 5.32. The highest BCUT2D eigenvalue weighted by Gasteiger charge is 2.34. The lowest BCUT2D eigenvalue weighted by Gasteiger charge is -2.14. The van der Waals surface area contributed by atoms with Crippen LogP contribution < -0.4 is 4.74 Å². The first-order valence-electron chi connectivity index (χ1n) is 8.01. The maximum atomic E-state index is 12.2. The zero-order valence-electron chi connectivity index (χ0n) is 13.7. The summed E-state index contributed by atoms with van der Waals surface area (Å²) >= 11 is 3.29. The Morgan fingerprint density at radius 3 is 2.31 bits per heavy atom. The molecule has 0 aliphatic carbocycles. The minimum absolute atomic E-state index is 0.0470. The van der Waals surface area contributed by atoms with Gasteiger partial charge in [0.25, 0.3) is 17.5 Å². The van der Waals surface area contributed by atoms with Gasteiger partial charge >= 0.3 is 0 Å². The van der Waals surface area contributed by atoms with Crippen LogP contribution in [0.15, 0.2) is 46.9 Å². The lowest BCUT2D eigenvalue weighted by atomic mass is 10.1. The van der Waals surface area contributed by atoms with Crippen molar-refractivity contribution in [1.82, 2.24) is 4.90 Å². The van der Waals surface area contributed by atoms with Gasteiger partial charge in [-0.15, -0.1) is 0 Å². The van der Waals surface area contributed by atoms with Crippen LogP contribution in [0.1, 0.15) is 33.6 Å². The van der Waals surface area contributed by atoms with Crippen molar-refractivity contribution in [3.8, 4) is 5.75 Å². The van der Waals surface area contributed by atoms with Crippen molar-refractivity contribution in [3.05, 3.63) is 68.2 Å². The predicted molar refractivity (Wildman–Crippen MR) is 97.3 cm³/mol. The Bertz CT molecular complexity index is 849. The van der Waals surface area contributed by atoms with Crippen molar-refractivity contribution >= 4 is 33.4 Å². The van der Waals surface area contributed by atoms with Crippen LogP contribution in [-0.2, 0) is 0 Å². The van der Waals surface area contributed by atoms with E-state index in [1.54, 1.807) is 30.3 Å². The van der Waals surface area contributed by atoms with Crippen LogP contribution in [0, 0.1) is 10.1 Å². The summed E-state index contributed by atoms with van der Waals surface area (Å²) in [5.41, 5.74) is 0.831. The average Bonchev–Trinajstić information content (AvgIpc) is 2.87. The van der Waals surface area contributed by atoms with Crippen LogP contribution in [0.3, 0.4) is 0 Å². The van der Waals surface area contributed by atoms with Crippen molar-refractivity contribution in [2.75, 3.05) is 13.2 Å². The first-order valence-corrected chi connectivity index (χ1v) is 8.80. The molecule has 0 saturated carbocycles. The first kappa shape index (κ1) is 18.1. The number of fused-ring (bicyclic) bond motifs is 1. The number of non-ortho nitro benzene ring substituents is 1. The fourth-order valence-corrected chi connectivity index (χ4v) is 3.07. The summed E-state index contributed by atoms with van der Waals surface area (Å²) in [4.78, 5) is 36.1. The van der Waals surface area contributed by atoms with Gasteiger partial charge in [-0.25, -0.2) is 0 Å². The van der Waals surface area contributed by atoms with Crippen molar-refractivity contribution in [2.24, 2.45) is 0 Å². The van der Waals surface area contributed by atoms with Gasteiger partial charge in [0, 0.05) is 12.6 Å². The Labute approximate surface area is 157 Å². The van der Waals surface area contributed by atoms with E-state index < -0.39 is 4.92 Å². The zero-order valence-corrected chi connectivity index (χ0v) is 15.3. The second-order valence-electron chi connectivity index (χ2n) is 5.73. The molecule has 2 aromatic carbocycles. The molecule has 0 atom stereocenters. The van der Waals surface area contributed by atoms with E-state index in [4.69, 9.17) is 4.74 Å². The van der Waals surface area contributed by atoms with E-state index in [2.05, 4.69) is 15.9 Å². The number of carbonyl (C=O) groups excluding carboxylic acids is 2. The van der Waals surface area contributed by atoms with E-state index in [1.807, 2.05) is 0 Å². The fraction of sp³-hybridized carbons (Fsp3) is 0.222. The predicted octanol–water partition coefficient (Wildman–Crippen LogP) is 3.81. The number of carbonyl (C=O) groups is 2. The monoisotopic (exact) mass is 418 g/mol. The number of imide groups is 1. The normalized spacial score (nSPS) is 13.0. The number of ether oxygens (including phenoxy) is 1. The Balaban J connectivity index is 1.50. The maximum Gasteiger partial charge on any atom is 0.273 e. The molecule has 3 rings (SSSR count). The maximum absolute atomic E-state index is 12.2. The molecule has 2 amide bonds. The Hall–Kier alpha value is -2.74. The molecule has 8 heteroatoms. The summed E-state index contributed by atoms with van der Waals surface area (Å²) in [6, 6.07) is 11.1. The van der Waals surface area contributed by atoms with E-state index in [0.717, 1.165) is 0 Å². The van der Waals surface area contributed by atoms with Gasteiger partial charge in [0.2, 0.25) is 0 Å². The molecule has 0 fully saturated rings. The summed E-state index contributed by atoms with van der Waals surface area (Å²) in [6.07, 6.45) is 1.18. The fourth-order valence-electron chi connectivity index (χ4n) is 2.71. The second-order valence-corrected chi connectivity index (χ2v) is 6.59. The highest BCUT2D eigenvalue weighted by Crippen LogP contribution is 2.29. The number of hydrogen-bond acceptors (Lipinski definition) is 5. The van der Waals surface area contributed by atoms with Gasteiger partial charge in [0.1, 0.15) is 5.75 Å². The summed E-state index contributed by atoms with van der Waals surface area (Å²) in [7, 11) is 0. The highest BCUT2D eigenvalue weighted by molar-refractivity contribution is 9.10. The quantitative estimate of drug-likeness (QED) is 0.295. The highest BCUT2D eigenvalue weighted by atomic mass is 79.9. The summed E-state index contributed by atoms with van der Waals surface area (Å²) in [6.45, 7) is 0.634. The summed E-state index contributed by atoms with van der Waals surface area (Å²) < 4.78 is 6.20. The minimum Gasteiger partial charge on any atom is -0.492 e. The van der Waals surface area contributed by atoms with E-state index in [-0.39, 0.29) is 17.5 Å². The molecule has 0 unspecified atom stereocenters. The lowest BCUT2D eigenvalue weighted by molar-refractivity contribution is -0.385. The Morgan fingerprint density at radius 2 is 1.69 bits per heavy atom. The molecule has 0 aromatic heterocycles. The molecule has 134 valence electrons. The van der Waals surface area contributed by atoms with Crippen molar-refractivity contribution < 1.29 is 19.2 Å². The van der Waals surface area contributed by atoms with Gasteiger partial charge in [-0.1, -0.05) is 12.1 Å². The number of nitro groups is 1. The number of halogens is 1. The number of rotatable bonds is 7. The third-order valence-corrected chi connectivity index (χ3v) is 4.69. The van der Waals surface area contributed by atoms with E-state index in [1.165, 1.54) is 17.0 Å². The first-order chi connectivity index (χ1) is 12.5. The van der Waals surface area contributed by atoms with Crippen LogP contribution in [0.2, 0.25) is 0 Å². The molecule has 1 aliphatic rings. The minimum atomic E-state index is -0.485. The number of benzene rings is 2. The van der Waals surface area contributed by atoms with Gasteiger partial charge in [0.05, 0.1) is 33.2 Å². The molecular weight excluding hydrogens is 404 g/mol. The largest absolute Gasteiger partial charge is 0.492 e. The molecular formula is C18H15BrN2O5. The van der Waals surface area contributed by atoms with Crippen molar-refractivity contribution in [1.29, 1.82) is 0 Å². The third kappa shape index (κ3) is 3.60. The topological polar surface area (TPSA) is 89.8 Å². The number of nitrogens with zero attached hydrogens (tertiary/aromatic N) is 2. The van der Waals surface area contributed by atoms with Crippen molar-refractivity contribution in [2.45, 2.75) is 12.8 Å². The smallest absolute Gasteiger partial charge is 0.273 e. The lowest BCUT2D eigenvalue weighted by Crippen LogP contribution is -2.30. The van der Waals surface area contributed by atoms with Gasteiger partial charge in [0.15, 0.2) is 0 Å². The molecule has 7 nitrogen and oxygen atoms in total. The van der Waals surface area contributed by atoms with Crippen LogP contribution in [0.4, 0.5) is 5.69 Å². The summed E-state index contributed by atoms with van der Waals surface area (Å²) in [5.74, 6) is -0.152. The van der Waals surface area contributed by atoms with Crippen molar-refractivity contribution in [3.63, 3.8) is 0 Å². The molecule has 2 aromatic rings. The second kappa shape index (κ2) is 7.65. The average molecular weight is 419 g/mol. The van der Waals surface area contributed by atoms with Crippen LogP contribution >= 0.6 is 15.9 Å². The molecule has 0 saturated heterocycles. The van der Waals surface area contributed by atoms with E-state index >= 15 is 0 Å². The van der Waals surface area contributed by atoms with Gasteiger partial charge in [-0.05, 0) is 47.0 Å². The summed E-state index contributed by atoms with van der Waals surface area (Å²) in [5, 5.41) is 10.8. The van der Waals surface area contributed by atoms with E-state index in [0.29, 0.717) is 47.3 Å². The van der Waals surface area contributed by atoms with Crippen LogP contribution in [-0.4, -0.2) is 34.8 Å². The molecule has 0 radical (unpaired) electrons. The van der Waals surface area contributed by atoms with Gasteiger partial charge in [-0.3, -0.25) is 24.6 Å². The van der Waals surface area contributed by atoms with Gasteiger partial charge < -0.3 is 4.74 Å². The SMILES string of the molecule is O=C1c2ccccc2C(=O)N1CCCCOc1cc([N+](=O)[O-])ccc1Br. The molecule has 0 N–H and O–H groups in total. The van der Waals surface area contributed by atoms with Crippen LogP contribution in [0.5, 0.6) is 5.75 Å². The molecule has 0 bridgehead atoms. The molecule has 1 aliphatic heterocycles. The van der Waals surface area contributed by atoms with Gasteiger partial charge in [-0.2, -0.15) is 0 Å². The number of hydrogen-bond donors (Lipinski definition) is 0. The number of amides is 2. The molecule has 26 heavy (non-hydrogen) atoms. The Morgan fingerprint density at radius 1 is 1.04 bits per heavy atom. The number of unbranched alkanes of at least 4 members (excludes halogenated alkanes) is 1.